The maximum atomic E-state index is 10.3. The summed E-state index contributed by atoms with van der Waals surface area (Å²) in [5, 5.41) is 18.6. The zero-order valence-corrected chi connectivity index (χ0v) is 12.3. The van der Waals surface area contributed by atoms with Gasteiger partial charge in [0.05, 0.1) is 11.4 Å². The molecule has 0 bridgehead atoms. The third-order valence-corrected chi connectivity index (χ3v) is 4.60. The fourth-order valence-electron chi connectivity index (χ4n) is 1.85. The quantitative estimate of drug-likeness (QED) is 0.791. The van der Waals surface area contributed by atoms with Crippen molar-refractivity contribution in [1.29, 1.82) is 0 Å². The number of benzene rings is 1. The molecule has 1 N–H and O–H groups in total. The van der Waals surface area contributed by atoms with E-state index in [0.29, 0.717) is 5.69 Å². The van der Waals surface area contributed by atoms with E-state index in [2.05, 4.69) is 21.0 Å². The number of halogens is 1. The van der Waals surface area contributed by atoms with Gasteiger partial charge in [0, 0.05) is 21.6 Å². The predicted molar refractivity (Wildman–Crippen MR) is 79.6 cm³/mol. The highest BCUT2D eigenvalue weighted by Gasteiger charge is 2.17. The van der Waals surface area contributed by atoms with Crippen LogP contribution in [0.3, 0.4) is 0 Å². The van der Waals surface area contributed by atoms with Crippen LogP contribution in [0.4, 0.5) is 0 Å². The molecule has 0 saturated carbocycles. The monoisotopic (exact) mass is 334 g/mol. The standard InChI is InChI=1S/C14H11BrN2OS/c15-12-9-19-8-11(12)14(18)13-6-7-17(16-13)10-4-2-1-3-5-10/h1-9,14,18H. The Balaban J connectivity index is 1.92. The second-order valence-corrected chi connectivity index (χ2v) is 5.70. The van der Waals surface area contributed by atoms with Crippen molar-refractivity contribution in [3.05, 3.63) is 69.1 Å². The molecule has 0 aliphatic carbocycles. The van der Waals surface area contributed by atoms with E-state index < -0.39 is 6.10 Å². The van der Waals surface area contributed by atoms with Crippen LogP contribution in [0.25, 0.3) is 5.69 Å². The lowest BCUT2D eigenvalue weighted by Gasteiger charge is -2.06. The first-order valence-electron chi connectivity index (χ1n) is 5.76. The molecule has 3 rings (SSSR count). The first-order valence-corrected chi connectivity index (χ1v) is 7.50. The van der Waals surface area contributed by atoms with Crippen LogP contribution < -0.4 is 0 Å². The molecule has 0 saturated heterocycles. The number of nitrogens with zero attached hydrogens (tertiary/aromatic N) is 2. The Morgan fingerprint density at radius 2 is 1.95 bits per heavy atom. The average molecular weight is 335 g/mol. The molecular formula is C14H11BrN2OS. The Bertz CT molecular complexity index is 678. The molecule has 3 nitrogen and oxygen atoms in total. The molecule has 19 heavy (non-hydrogen) atoms. The second kappa shape index (κ2) is 5.28. The number of hydrogen-bond acceptors (Lipinski definition) is 3. The number of hydrogen-bond donors (Lipinski definition) is 1. The van der Waals surface area contributed by atoms with Gasteiger partial charge in [-0.2, -0.15) is 16.4 Å². The highest BCUT2D eigenvalue weighted by Crippen LogP contribution is 2.30. The Kier molecular flexibility index (Phi) is 3.50. The highest BCUT2D eigenvalue weighted by atomic mass is 79.9. The minimum atomic E-state index is -0.703. The van der Waals surface area contributed by atoms with Crippen LogP contribution >= 0.6 is 27.3 Å². The number of aliphatic hydroxyl groups is 1. The number of aliphatic hydroxyl groups excluding tert-OH is 1. The zero-order chi connectivity index (χ0) is 13.2. The molecule has 3 aromatic rings. The lowest BCUT2D eigenvalue weighted by Crippen LogP contribution is -2.02. The van der Waals surface area contributed by atoms with E-state index in [4.69, 9.17) is 0 Å². The molecule has 0 radical (unpaired) electrons. The smallest absolute Gasteiger partial charge is 0.125 e. The van der Waals surface area contributed by atoms with E-state index in [1.54, 1.807) is 16.0 Å². The van der Waals surface area contributed by atoms with Crippen LogP contribution in [0, 0.1) is 0 Å². The van der Waals surface area contributed by atoms with Gasteiger partial charge in [0.1, 0.15) is 6.10 Å². The topological polar surface area (TPSA) is 38.0 Å². The summed E-state index contributed by atoms with van der Waals surface area (Å²) < 4.78 is 2.68. The van der Waals surface area contributed by atoms with E-state index in [9.17, 15) is 5.11 Å². The number of aromatic nitrogens is 2. The molecular weight excluding hydrogens is 324 g/mol. The molecule has 0 spiro atoms. The summed E-state index contributed by atoms with van der Waals surface area (Å²) in [6, 6.07) is 11.7. The largest absolute Gasteiger partial charge is 0.382 e. The summed E-state index contributed by atoms with van der Waals surface area (Å²) in [5.74, 6) is 0. The Labute approximate surface area is 123 Å². The molecule has 1 aromatic carbocycles. The Hall–Kier alpha value is -1.43. The molecule has 0 aliphatic rings. The van der Waals surface area contributed by atoms with Gasteiger partial charge in [-0.3, -0.25) is 0 Å². The van der Waals surface area contributed by atoms with Gasteiger partial charge in [-0.1, -0.05) is 18.2 Å². The van der Waals surface area contributed by atoms with Crippen LogP contribution in [0.1, 0.15) is 17.4 Å². The molecule has 1 atom stereocenters. The normalized spacial score (nSPS) is 12.5. The molecule has 2 heterocycles. The lowest BCUT2D eigenvalue weighted by atomic mass is 10.1. The van der Waals surface area contributed by atoms with E-state index >= 15 is 0 Å². The van der Waals surface area contributed by atoms with Gasteiger partial charge in [0.25, 0.3) is 0 Å². The average Bonchev–Trinajstić information content (AvgIpc) is 3.08. The van der Waals surface area contributed by atoms with Crippen LogP contribution in [0.15, 0.2) is 57.8 Å². The van der Waals surface area contributed by atoms with Crippen molar-refractivity contribution >= 4 is 27.3 Å². The Morgan fingerprint density at radius 1 is 1.16 bits per heavy atom. The third kappa shape index (κ3) is 2.49. The van der Waals surface area contributed by atoms with Crippen LogP contribution in [-0.4, -0.2) is 14.9 Å². The number of thiophene rings is 1. The second-order valence-electron chi connectivity index (χ2n) is 4.10. The van der Waals surface area contributed by atoms with Gasteiger partial charge in [-0.15, -0.1) is 0 Å². The molecule has 2 aromatic heterocycles. The maximum Gasteiger partial charge on any atom is 0.125 e. The zero-order valence-electron chi connectivity index (χ0n) is 9.90. The van der Waals surface area contributed by atoms with E-state index in [1.807, 2.05) is 53.4 Å². The first kappa shape index (κ1) is 12.6. The van der Waals surface area contributed by atoms with E-state index in [0.717, 1.165) is 15.7 Å². The summed E-state index contributed by atoms with van der Waals surface area (Å²) in [5.41, 5.74) is 2.47. The molecule has 0 aliphatic heterocycles. The van der Waals surface area contributed by atoms with Crippen molar-refractivity contribution < 1.29 is 5.11 Å². The SMILES string of the molecule is OC(c1ccn(-c2ccccc2)n1)c1cscc1Br. The van der Waals surface area contributed by atoms with Crippen molar-refractivity contribution in [3.8, 4) is 5.69 Å². The van der Waals surface area contributed by atoms with Crippen molar-refractivity contribution in [2.24, 2.45) is 0 Å². The van der Waals surface area contributed by atoms with Crippen molar-refractivity contribution in [2.45, 2.75) is 6.10 Å². The van der Waals surface area contributed by atoms with Crippen molar-refractivity contribution in [2.75, 3.05) is 0 Å². The summed E-state index contributed by atoms with van der Waals surface area (Å²) in [7, 11) is 0. The molecule has 1 unspecified atom stereocenters. The lowest BCUT2D eigenvalue weighted by molar-refractivity contribution is 0.214. The number of rotatable bonds is 3. The Morgan fingerprint density at radius 3 is 2.63 bits per heavy atom. The third-order valence-electron chi connectivity index (χ3n) is 2.85. The molecule has 0 amide bonds. The number of para-hydroxylation sites is 1. The van der Waals surface area contributed by atoms with Crippen LogP contribution in [-0.2, 0) is 0 Å². The fraction of sp³-hybridized carbons (Fsp3) is 0.0714. The first-order chi connectivity index (χ1) is 9.25. The predicted octanol–water partition coefficient (Wildman–Crippen LogP) is 3.78. The van der Waals surface area contributed by atoms with Gasteiger partial charge in [0.2, 0.25) is 0 Å². The molecule has 96 valence electrons. The summed E-state index contributed by atoms with van der Waals surface area (Å²) in [4.78, 5) is 0. The van der Waals surface area contributed by atoms with Gasteiger partial charge < -0.3 is 5.11 Å². The summed E-state index contributed by atoms with van der Waals surface area (Å²) in [6.07, 6.45) is 1.15. The molecule has 5 heteroatoms. The van der Waals surface area contributed by atoms with Crippen molar-refractivity contribution in [3.63, 3.8) is 0 Å². The summed E-state index contributed by atoms with van der Waals surface area (Å²) >= 11 is 4.98. The molecule has 0 fully saturated rings. The maximum absolute atomic E-state index is 10.3. The highest BCUT2D eigenvalue weighted by molar-refractivity contribution is 9.10. The van der Waals surface area contributed by atoms with Crippen LogP contribution in [0.5, 0.6) is 0 Å². The van der Waals surface area contributed by atoms with Gasteiger partial charge in [-0.25, -0.2) is 4.68 Å². The fourth-order valence-corrected chi connectivity index (χ4v) is 3.39. The summed E-state index contributed by atoms with van der Waals surface area (Å²) in [6.45, 7) is 0. The van der Waals surface area contributed by atoms with Gasteiger partial charge >= 0.3 is 0 Å². The minimum absolute atomic E-state index is 0.642. The van der Waals surface area contributed by atoms with E-state index in [1.165, 1.54) is 0 Å². The van der Waals surface area contributed by atoms with Gasteiger partial charge in [-0.05, 0) is 39.5 Å². The van der Waals surface area contributed by atoms with E-state index in [-0.39, 0.29) is 0 Å². The van der Waals surface area contributed by atoms with Crippen LogP contribution in [0.2, 0.25) is 0 Å². The minimum Gasteiger partial charge on any atom is -0.382 e. The van der Waals surface area contributed by atoms with Crippen molar-refractivity contribution in [1.82, 2.24) is 9.78 Å². The van der Waals surface area contributed by atoms with Gasteiger partial charge in [0.15, 0.2) is 0 Å².